The van der Waals surface area contributed by atoms with Crippen molar-refractivity contribution in [2.45, 2.75) is 105 Å². The minimum atomic E-state index is -0.654. The van der Waals surface area contributed by atoms with Crippen LogP contribution in [0.5, 0.6) is 0 Å². The number of hydrogen-bond acceptors (Lipinski definition) is 2. The Morgan fingerprint density at radius 3 is 1.05 bits per heavy atom. The van der Waals surface area contributed by atoms with Crippen LogP contribution in [0.25, 0.3) is 166 Å². The van der Waals surface area contributed by atoms with Crippen molar-refractivity contribution in [2.24, 2.45) is 0 Å². The summed E-state index contributed by atoms with van der Waals surface area (Å²) in [7, 11) is 0. The fraction of sp³-hybridized carbons (Fsp3) is 0.129. The van der Waals surface area contributed by atoms with Gasteiger partial charge in [0.05, 0.1) is 76.3 Å². The van der Waals surface area contributed by atoms with Crippen LogP contribution < -0.4 is 26.2 Å². The molecule has 2 aliphatic rings. The van der Waals surface area contributed by atoms with Gasteiger partial charge in [-0.1, -0.05) is 362 Å². The zero-order valence-electron chi connectivity index (χ0n) is 86.4. The molecule has 22 aromatic rings. The fourth-order valence-electron chi connectivity index (χ4n) is 20.9. The van der Waals surface area contributed by atoms with Gasteiger partial charge in [0.25, 0.3) is 6.71 Å². The van der Waals surface area contributed by atoms with E-state index in [1.165, 1.54) is 26.8 Å². The van der Waals surface area contributed by atoms with Crippen molar-refractivity contribution in [3.63, 3.8) is 0 Å². The number of rotatable bonds is 11. The average molecular weight is 1700 g/mol. The van der Waals surface area contributed by atoms with Gasteiger partial charge in [0.1, 0.15) is 0 Å². The largest absolute Gasteiger partial charge is 0.310 e. The number of anilines is 6. The third-order valence-electron chi connectivity index (χ3n) is 27.5. The monoisotopic (exact) mass is 1700 g/mol. The highest BCUT2D eigenvalue weighted by atomic mass is 15.2. The average Bonchev–Trinajstić information content (AvgIpc) is 1.22. The summed E-state index contributed by atoms with van der Waals surface area (Å²) in [6.07, 6.45) is 0. The van der Waals surface area contributed by atoms with Crippen molar-refractivity contribution in [3.8, 4) is 78.4 Å². The van der Waals surface area contributed by atoms with E-state index >= 15 is 0 Å². The molecule has 0 amide bonds. The van der Waals surface area contributed by atoms with Crippen LogP contribution in [0.4, 0.5) is 34.1 Å². The Labute approximate surface area is 782 Å². The predicted octanol–water partition coefficient (Wildman–Crippen LogP) is 31.7. The zero-order valence-corrected chi connectivity index (χ0v) is 75.4. The minimum absolute atomic E-state index is 0.157. The molecule has 24 rings (SSSR count). The van der Waals surface area contributed by atoms with Crippen molar-refractivity contribution < 1.29 is 15.1 Å². The highest BCUT2D eigenvalue weighted by Crippen LogP contribution is 2.56. The zero-order chi connectivity index (χ0) is 98.4. The molecule has 131 heavy (non-hydrogen) atoms. The highest BCUT2D eigenvalue weighted by molar-refractivity contribution is 7.00. The molecule has 0 unspecified atom stereocenters. The fourth-order valence-corrected chi connectivity index (χ4v) is 20.9. The molecule has 0 aliphatic carbocycles. The molecular formula is C124H101BN6. The Morgan fingerprint density at radius 2 is 0.588 bits per heavy atom. The number of nitrogens with zero attached hydrogens (tertiary/aromatic N) is 6. The minimum Gasteiger partial charge on any atom is -0.310 e. The lowest BCUT2D eigenvalue weighted by Gasteiger charge is -2.46. The molecule has 0 N–H and O–H groups in total. The van der Waals surface area contributed by atoms with E-state index in [0.29, 0.717) is 22.3 Å². The van der Waals surface area contributed by atoms with Crippen LogP contribution in [0.1, 0.15) is 120 Å². The topological polar surface area (TPSA) is 26.2 Å². The summed E-state index contributed by atoms with van der Waals surface area (Å²) >= 11 is 0. The van der Waals surface area contributed by atoms with E-state index in [2.05, 4.69) is 410 Å². The Hall–Kier alpha value is -15.2. The van der Waals surface area contributed by atoms with Gasteiger partial charge >= 0.3 is 0 Å². The molecule has 6 heterocycles. The van der Waals surface area contributed by atoms with Gasteiger partial charge in [-0.2, -0.15) is 0 Å². The van der Waals surface area contributed by atoms with Gasteiger partial charge in [0, 0.05) is 105 Å². The van der Waals surface area contributed by atoms with Crippen molar-refractivity contribution in [2.75, 3.05) is 9.80 Å². The van der Waals surface area contributed by atoms with Crippen LogP contribution in [-0.4, -0.2) is 25.0 Å². The van der Waals surface area contributed by atoms with E-state index in [1.54, 1.807) is 0 Å². The maximum Gasteiger partial charge on any atom is 0.252 e. The molecule has 2 aliphatic heterocycles. The smallest absolute Gasteiger partial charge is 0.252 e. The van der Waals surface area contributed by atoms with Crippen molar-refractivity contribution >= 4 is 144 Å². The normalized spacial score (nSPS) is 14.2. The molecule has 0 radical (unpaired) electrons. The number of hydrogen-bond donors (Lipinski definition) is 0. The maximum absolute atomic E-state index is 11.5. The predicted molar refractivity (Wildman–Crippen MR) is 560 cm³/mol. The van der Waals surface area contributed by atoms with Crippen LogP contribution >= 0.6 is 0 Å². The maximum atomic E-state index is 11.5. The lowest BCUT2D eigenvalue weighted by molar-refractivity contribution is 0.569. The molecule has 0 spiro atoms. The second kappa shape index (κ2) is 29.7. The summed E-state index contributed by atoms with van der Waals surface area (Å²) in [4.78, 5) is 5.06. The molecule has 0 fully saturated rings. The number of para-hydroxylation sites is 6. The van der Waals surface area contributed by atoms with E-state index in [9.17, 15) is 15.1 Å². The highest BCUT2D eigenvalue weighted by Gasteiger charge is 2.47. The Kier molecular flexibility index (Phi) is 15.4. The molecule has 630 valence electrons. The Bertz CT molecular complexity index is 8820. The van der Waals surface area contributed by atoms with Crippen LogP contribution in [0.3, 0.4) is 0 Å². The van der Waals surface area contributed by atoms with Gasteiger partial charge in [-0.15, -0.1) is 0 Å². The third kappa shape index (κ3) is 12.7. The van der Waals surface area contributed by atoms with Gasteiger partial charge in [-0.25, -0.2) is 0 Å². The molecule has 0 atom stereocenters. The van der Waals surface area contributed by atoms with Crippen molar-refractivity contribution in [1.82, 2.24) is 18.3 Å². The number of aromatic nitrogens is 4. The molecule has 18 aromatic carbocycles. The van der Waals surface area contributed by atoms with Crippen LogP contribution in [0.2, 0.25) is 0 Å². The van der Waals surface area contributed by atoms with Gasteiger partial charge in [-0.05, 0) is 209 Å². The van der Waals surface area contributed by atoms with Crippen LogP contribution in [0.15, 0.2) is 394 Å². The molecule has 0 saturated carbocycles. The SMILES string of the molecule is [2H]c1c([2H])c([2H])c2c(c1[2H])c1c([2H])c([2H])c([2H])c([2H])c1n2-c1c([2H])c([2H])c2c(c1[2H])c1cc(-n3c4ccccc4c4ccccc43)ccc1n2-c1cc2c3c(c1)N(c1c(-c4ccccc4)cccc1-c1ccccc1)c1cc(-n4c5ccc(C(C)(C)C)cc5c5cc(C(C)(C)C)ccc54)ccc1B3c1ccc(-c3cc(C(C)(C)C)cc(C(C)(C)C)c3)cc1N2c1c(-c2ccccc2)cccc1-c1ccccc1. The summed E-state index contributed by atoms with van der Waals surface area (Å²) in [5.74, 6) is 0. The first-order chi connectivity index (χ1) is 68.1. The Morgan fingerprint density at radius 1 is 0.221 bits per heavy atom. The van der Waals surface area contributed by atoms with E-state index in [1.807, 2.05) is 24.3 Å². The van der Waals surface area contributed by atoms with E-state index < -0.39 is 61.1 Å². The van der Waals surface area contributed by atoms with Crippen molar-refractivity contribution in [3.05, 3.63) is 416 Å². The first kappa shape index (κ1) is 68.0. The van der Waals surface area contributed by atoms with E-state index in [4.69, 9.17) is 0 Å². The molecule has 4 aromatic heterocycles. The number of fused-ring (bicyclic) bond motifs is 16. The van der Waals surface area contributed by atoms with Crippen LogP contribution in [-0.2, 0) is 21.7 Å². The molecule has 6 nitrogen and oxygen atoms in total. The first-order valence-electron chi connectivity index (χ1n) is 51.0. The second-order valence-electron chi connectivity index (χ2n) is 39.6. The van der Waals surface area contributed by atoms with E-state index in [-0.39, 0.29) is 72.1 Å². The molecule has 0 saturated heterocycles. The lowest BCUT2D eigenvalue weighted by atomic mass is 9.33. The standard InChI is InChI=1S/C124H101BN6/c1-121(2,3)84-56-63-110-100(71-84)101-72-85(122(4,5)6)57-64-111(101)128(110)90-58-62-105-115(75-90)131(120-94(80-39-21-15-22-40-80)49-34-50-95(120)81-41-23-16-24-42-81)117-77-91(129-112-65-59-88(126-106-51-29-25-43-96(106)97-44-26-30-52-107(97)126)73-102(112)103-74-89(60-66-113(103)129)127-108-53-31-27-45-98(108)99-46-28-32-54-109(99)127)76-116-118(117)125(105)104-61-55-82(83-67-86(123(7,8)9)70-87(68-83)124(10,11)12)69-114(104)130(116)119-92(78-35-17-13-18-36-78)47-33-48-93(119)79-37-19-14-20-38-79/h13-77H,1-12H3/i25D,26D,29D,30D,43D,44D,51D,52D,59D,65D,73D. The van der Waals surface area contributed by atoms with Gasteiger partial charge in [-0.3, -0.25) is 0 Å². The van der Waals surface area contributed by atoms with Gasteiger partial charge < -0.3 is 28.1 Å². The number of benzene rings is 18. The summed E-state index contributed by atoms with van der Waals surface area (Å²) in [6, 6.07) is 113. The first-order valence-corrected chi connectivity index (χ1v) is 45.5. The summed E-state index contributed by atoms with van der Waals surface area (Å²) in [6.45, 7) is 26.9. The molecular weight excluding hydrogens is 1580 g/mol. The third-order valence-corrected chi connectivity index (χ3v) is 27.5. The van der Waals surface area contributed by atoms with Gasteiger partial charge in [0.15, 0.2) is 0 Å². The lowest BCUT2D eigenvalue weighted by Crippen LogP contribution is -2.61. The second-order valence-corrected chi connectivity index (χ2v) is 39.6. The van der Waals surface area contributed by atoms with Crippen molar-refractivity contribution in [1.29, 1.82) is 0 Å². The van der Waals surface area contributed by atoms with Crippen LogP contribution in [0, 0.1) is 0 Å². The Balaban J connectivity index is 0.916. The summed E-state index contributed by atoms with van der Waals surface area (Å²) in [5, 5.41) is 4.55. The summed E-state index contributed by atoms with van der Waals surface area (Å²) < 4.78 is 118. The van der Waals surface area contributed by atoms with Gasteiger partial charge in [0.2, 0.25) is 0 Å². The summed E-state index contributed by atoms with van der Waals surface area (Å²) in [5.41, 5.74) is 27.9. The quantitative estimate of drug-likeness (QED) is 0.121. The molecule has 7 heteroatoms. The van der Waals surface area contributed by atoms with E-state index in [0.717, 1.165) is 155 Å². The molecule has 0 bridgehead atoms.